The van der Waals surface area contributed by atoms with Gasteiger partial charge in [-0.25, -0.2) is 0 Å². The summed E-state index contributed by atoms with van der Waals surface area (Å²) in [5.41, 5.74) is 0.740. The van der Waals surface area contributed by atoms with Crippen LogP contribution in [0.3, 0.4) is 0 Å². The van der Waals surface area contributed by atoms with Gasteiger partial charge >= 0.3 is 0 Å². The molecule has 0 unspecified atom stereocenters. The lowest BCUT2D eigenvalue weighted by Crippen LogP contribution is -2.20. The number of carbonyl (C=O) groups excluding carboxylic acids is 1. The summed E-state index contributed by atoms with van der Waals surface area (Å²) in [6.07, 6.45) is -0.669. The molecule has 0 saturated carbocycles. The molecule has 0 bridgehead atoms. The van der Waals surface area contributed by atoms with E-state index in [1.54, 1.807) is 18.2 Å². The molecule has 24 heavy (non-hydrogen) atoms. The van der Waals surface area contributed by atoms with Gasteiger partial charge in [0.15, 0.2) is 5.75 Å². The molecule has 7 heteroatoms. The van der Waals surface area contributed by atoms with Gasteiger partial charge in [-0.15, -0.1) is 11.8 Å². The molecular weight excluding hydrogens is 369 g/mol. The lowest BCUT2D eigenvalue weighted by atomic mass is 10.3. The van der Waals surface area contributed by atoms with E-state index in [9.17, 15) is 9.90 Å². The molecule has 4 nitrogen and oxygen atoms in total. The number of para-hydroxylation sites is 1. The van der Waals surface area contributed by atoms with Crippen molar-refractivity contribution in [1.29, 1.82) is 0 Å². The van der Waals surface area contributed by atoms with Gasteiger partial charge in [0.05, 0.1) is 16.1 Å². The average Bonchev–Trinajstić information content (AvgIpc) is 2.53. The molecule has 1 amide bonds. The van der Waals surface area contributed by atoms with Gasteiger partial charge in [-0.05, 0) is 36.4 Å². The Morgan fingerprint density at radius 3 is 2.42 bits per heavy atom. The Morgan fingerprint density at radius 1 is 1.21 bits per heavy atom. The zero-order valence-electron chi connectivity index (χ0n) is 13.0. The van der Waals surface area contributed by atoms with Crippen LogP contribution >= 0.6 is 35.0 Å². The highest BCUT2D eigenvalue weighted by Crippen LogP contribution is 2.32. The van der Waals surface area contributed by atoms with Gasteiger partial charge in [0.25, 0.3) is 0 Å². The number of hydrogen-bond acceptors (Lipinski definition) is 4. The van der Waals surface area contributed by atoms with Crippen LogP contribution in [0.15, 0.2) is 47.4 Å². The molecule has 0 aliphatic heterocycles. The molecule has 0 aliphatic rings. The van der Waals surface area contributed by atoms with Crippen LogP contribution in [0.1, 0.15) is 6.92 Å². The third-order valence-electron chi connectivity index (χ3n) is 2.96. The quantitative estimate of drug-likeness (QED) is 0.689. The number of halogens is 2. The first-order valence-corrected chi connectivity index (χ1v) is 8.95. The summed E-state index contributed by atoms with van der Waals surface area (Å²) in [5, 5.41) is 13.6. The fourth-order valence-corrected chi connectivity index (χ4v) is 3.19. The van der Waals surface area contributed by atoms with Crippen LogP contribution in [-0.2, 0) is 4.79 Å². The van der Waals surface area contributed by atoms with Crippen molar-refractivity contribution in [3.8, 4) is 5.75 Å². The van der Waals surface area contributed by atoms with Gasteiger partial charge < -0.3 is 15.2 Å². The molecule has 0 saturated heterocycles. The molecule has 0 fully saturated rings. The second kappa shape index (κ2) is 9.18. The van der Waals surface area contributed by atoms with Crippen molar-refractivity contribution in [2.24, 2.45) is 0 Å². The molecule has 128 valence electrons. The summed E-state index contributed by atoms with van der Waals surface area (Å²) in [7, 11) is 0. The molecule has 0 aliphatic carbocycles. The van der Waals surface area contributed by atoms with E-state index in [1.165, 1.54) is 18.7 Å². The molecule has 0 heterocycles. The fourth-order valence-electron chi connectivity index (χ4n) is 1.88. The fraction of sp³-hybridized carbons (Fsp3) is 0.235. The van der Waals surface area contributed by atoms with Crippen LogP contribution in [0, 0.1) is 0 Å². The normalized spacial score (nSPS) is 11.8. The highest BCUT2D eigenvalue weighted by molar-refractivity contribution is 7.99. The van der Waals surface area contributed by atoms with E-state index >= 15 is 0 Å². The minimum absolute atomic E-state index is 0.0976. The summed E-state index contributed by atoms with van der Waals surface area (Å²) in [6, 6.07) is 12.5. The van der Waals surface area contributed by atoms with Crippen molar-refractivity contribution < 1.29 is 14.6 Å². The Labute approximate surface area is 155 Å². The molecular formula is C17H17Cl2NO3S. The number of nitrogens with one attached hydrogen (secondary N) is 1. The van der Waals surface area contributed by atoms with Crippen LogP contribution < -0.4 is 10.1 Å². The van der Waals surface area contributed by atoms with Crippen LogP contribution in [0.25, 0.3) is 0 Å². The lowest BCUT2D eigenvalue weighted by Gasteiger charge is -2.14. The average molecular weight is 386 g/mol. The van der Waals surface area contributed by atoms with Crippen LogP contribution in [0.4, 0.5) is 5.69 Å². The number of aliphatic hydroxyl groups excluding tert-OH is 1. The number of hydrogen-bond donors (Lipinski definition) is 2. The number of thioether (sulfide) groups is 1. The van der Waals surface area contributed by atoms with Crippen molar-refractivity contribution in [3.63, 3.8) is 0 Å². The molecule has 2 rings (SSSR count). The topological polar surface area (TPSA) is 58.6 Å². The predicted octanol–water partition coefficient (Wildman–Crippen LogP) is 4.48. The number of anilines is 1. The van der Waals surface area contributed by atoms with Crippen LogP contribution in [0.2, 0.25) is 10.0 Å². The van der Waals surface area contributed by atoms with Crippen molar-refractivity contribution in [3.05, 3.63) is 52.5 Å². The van der Waals surface area contributed by atoms with Gasteiger partial charge in [-0.1, -0.05) is 29.3 Å². The maximum Gasteiger partial charge on any atom is 0.221 e. The van der Waals surface area contributed by atoms with Crippen molar-refractivity contribution in [2.75, 3.05) is 17.7 Å². The minimum Gasteiger partial charge on any atom is -0.488 e. The molecule has 0 aromatic heterocycles. The third kappa shape index (κ3) is 5.91. The maximum atomic E-state index is 11.0. The van der Waals surface area contributed by atoms with Crippen molar-refractivity contribution in [2.45, 2.75) is 17.9 Å². The van der Waals surface area contributed by atoms with E-state index < -0.39 is 6.10 Å². The van der Waals surface area contributed by atoms with Crippen molar-refractivity contribution in [1.82, 2.24) is 0 Å². The number of rotatable bonds is 7. The standard InChI is InChI=1S/C17H17Cl2NO3S/c1-11(21)20-12-5-7-14(8-6-12)24-10-13(22)9-23-17-15(18)3-2-4-16(17)19/h2-8,13,22H,9-10H2,1H3,(H,20,21)/t13-/m1/s1. The van der Waals surface area contributed by atoms with E-state index in [2.05, 4.69) is 5.32 Å². The summed E-state index contributed by atoms with van der Waals surface area (Å²) in [6.45, 7) is 1.56. The van der Waals surface area contributed by atoms with Gasteiger partial charge in [0.1, 0.15) is 6.61 Å². The van der Waals surface area contributed by atoms with Gasteiger partial charge in [0.2, 0.25) is 5.91 Å². The molecule has 1 atom stereocenters. The van der Waals surface area contributed by atoms with Gasteiger partial charge in [-0.3, -0.25) is 4.79 Å². The summed E-state index contributed by atoms with van der Waals surface area (Å²) < 4.78 is 5.51. The number of ether oxygens (including phenoxy) is 1. The second-order valence-corrected chi connectivity index (χ2v) is 6.94. The summed E-state index contributed by atoms with van der Waals surface area (Å²) >= 11 is 13.5. The van der Waals surface area contributed by atoms with Crippen molar-refractivity contribution >= 4 is 46.6 Å². The Morgan fingerprint density at radius 2 is 1.83 bits per heavy atom. The Kier molecular flexibility index (Phi) is 7.24. The monoisotopic (exact) mass is 385 g/mol. The maximum absolute atomic E-state index is 11.0. The highest BCUT2D eigenvalue weighted by Gasteiger charge is 2.11. The molecule has 2 N–H and O–H groups in total. The first kappa shape index (κ1) is 18.9. The molecule has 2 aromatic carbocycles. The number of aliphatic hydroxyl groups is 1. The minimum atomic E-state index is -0.669. The first-order valence-electron chi connectivity index (χ1n) is 7.21. The predicted molar refractivity (Wildman–Crippen MR) is 99.4 cm³/mol. The molecule has 0 radical (unpaired) electrons. The van der Waals surface area contributed by atoms with E-state index in [-0.39, 0.29) is 12.5 Å². The Bertz CT molecular complexity index is 674. The van der Waals surface area contributed by atoms with Crippen LogP contribution in [0.5, 0.6) is 5.75 Å². The SMILES string of the molecule is CC(=O)Nc1ccc(SC[C@H](O)COc2c(Cl)cccc2Cl)cc1. The zero-order chi connectivity index (χ0) is 17.5. The molecule has 2 aromatic rings. The Hall–Kier alpha value is -1.40. The van der Waals surface area contributed by atoms with E-state index in [4.69, 9.17) is 27.9 Å². The zero-order valence-corrected chi connectivity index (χ0v) is 15.3. The summed E-state index contributed by atoms with van der Waals surface area (Å²) in [5.74, 6) is 0.729. The second-order valence-electron chi connectivity index (χ2n) is 5.03. The van der Waals surface area contributed by atoms with E-state index in [0.717, 1.165) is 10.6 Å². The lowest BCUT2D eigenvalue weighted by molar-refractivity contribution is -0.114. The van der Waals surface area contributed by atoms with E-state index in [1.807, 2.05) is 24.3 Å². The first-order chi connectivity index (χ1) is 11.5. The van der Waals surface area contributed by atoms with E-state index in [0.29, 0.717) is 21.5 Å². The number of amides is 1. The number of benzene rings is 2. The largest absolute Gasteiger partial charge is 0.488 e. The Balaban J connectivity index is 1.80. The highest BCUT2D eigenvalue weighted by atomic mass is 35.5. The van der Waals surface area contributed by atoms with Gasteiger partial charge in [-0.2, -0.15) is 0 Å². The molecule has 0 spiro atoms. The number of carbonyl (C=O) groups is 1. The summed E-state index contributed by atoms with van der Waals surface area (Å²) in [4.78, 5) is 12.0. The third-order valence-corrected chi connectivity index (χ3v) is 4.71. The van der Waals surface area contributed by atoms with Gasteiger partial charge in [0, 0.05) is 23.3 Å². The smallest absolute Gasteiger partial charge is 0.221 e. The van der Waals surface area contributed by atoms with Crippen LogP contribution in [-0.4, -0.2) is 29.5 Å².